The average Bonchev–Trinajstić information content (AvgIpc) is 2.56. The molecule has 0 amide bonds. The Morgan fingerprint density at radius 2 is 2.04 bits per heavy atom. The molecule has 1 aliphatic heterocycles. The van der Waals surface area contributed by atoms with E-state index in [1.165, 1.54) is 0 Å². The number of aliphatic hydroxyl groups excluding tert-OH is 3. The summed E-state index contributed by atoms with van der Waals surface area (Å²) in [4.78, 5) is 0. The van der Waals surface area contributed by atoms with Crippen molar-refractivity contribution in [3.63, 3.8) is 0 Å². The molecule has 24 heavy (non-hydrogen) atoms. The Morgan fingerprint density at radius 1 is 1.33 bits per heavy atom. The Bertz CT molecular complexity index is 578. The topological polar surface area (TPSA) is 100 Å². The van der Waals surface area contributed by atoms with E-state index in [4.69, 9.17) is 14.2 Å². The standard InChI is InChI=1S/C17H25NO6/c1-9-14(20)15(21)17(24-16(9)10(2)19)23-13-6-5-11(8-22-4)7-12(13)18-3/h5-7,9,14-21H,2,8H2,1,3-4H3. The van der Waals surface area contributed by atoms with E-state index in [-0.39, 0.29) is 5.76 Å². The molecule has 2 rings (SSSR count). The van der Waals surface area contributed by atoms with Crippen molar-refractivity contribution < 1.29 is 29.5 Å². The molecular formula is C17H25NO6. The SMILES string of the molecule is C=C(O)C1OC(Oc2ccc(COC)cc2NC)C(O)C(O)C1C. The summed E-state index contributed by atoms with van der Waals surface area (Å²) in [5.74, 6) is -0.276. The molecule has 4 N–H and O–H groups in total. The van der Waals surface area contributed by atoms with Crippen molar-refractivity contribution in [2.24, 2.45) is 5.92 Å². The summed E-state index contributed by atoms with van der Waals surface area (Å²) in [6.45, 7) is 5.57. The highest BCUT2D eigenvalue weighted by Gasteiger charge is 2.44. The third-order valence-electron chi connectivity index (χ3n) is 4.12. The Hall–Kier alpha value is -1.80. The minimum atomic E-state index is -1.25. The summed E-state index contributed by atoms with van der Waals surface area (Å²) in [5.41, 5.74) is 1.64. The third kappa shape index (κ3) is 3.81. The van der Waals surface area contributed by atoms with Gasteiger partial charge in [0.2, 0.25) is 6.29 Å². The van der Waals surface area contributed by atoms with Gasteiger partial charge in [0.1, 0.15) is 23.7 Å². The second kappa shape index (κ2) is 7.85. The van der Waals surface area contributed by atoms with Crippen molar-refractivity contribution in [3.05, 3.63) is 36.1 Å². The fraction of sp³-hybridized carbons (Fsp3) is 0.529. The highest BCUT2D eigenvalue weighted by atomic mass is 16.7. The van der Waals surface area contributed by atoms with Crippen LogP contribution in [-0.4, -0.2) is 54.1 Å². The Labute approximate surface area is 141 Å². The predicted molar refractivity (Wildman–Crippen MR) is 88.9 cm³/mol. The molecule has 5 atom stereocenters. The number of aliphatic hydroxyl groups is 3. The number of ether oxygens (including phenoxy) is 3. The molecule has 1 aromatic rings. The molecule has 7 heteroatoms. The maximum Gasteiger partial charge on any atom is 0.229 e. The summed E-state index contributed by atoms with van der Waals surface area (Å²) in [6.07, 6.45) is -4.31. The summed E-state index contributed by atoms with van der Waals surface area (Å²) >= 11 is 0. The minimum Gasteiger partial charge on any atom is -0.510 e. The van der Waals surface area contributed by atoms with Crippen LogP contribution in [0.1, 0.15) is 12.5 Å². The van der Waals surface area contributed by atoms with Crippen LogP contribution in [0.15, 0.2) is 30.5 Å². The van der Waals surface area contributed by atoms with Crippen molar-refractivity contribution in [3.8, 4) is 5.75 Å². The van der Waals surface area contributed by atoms with Gasteiger partial charge in [-0.3, -0.25) is 0 Å². The first-order valence-electron chi connectivity index (χ1n) is 7.74. The van der Waals surface area contributed by atoms with Crippen molar-refractivity contribution in [1.29, 1.82) is 0 Å². The molecule has 1 aromatic carbocycles. The van der Waals surface area contributed by atoms with Gasteiger partial charge in [-0.05, 0) is 17.7 Å². The molecule has 0 radical (unpaired) electrons. The van der Waals surface area contributed by atoms with Crippen LogP contribution >= 0.6 is 0 Å². The molecule has 7 nitrogen and oxygen atoms in total. The lowest BCUT2D eigenvalue weighted by Gasteiger charge is -2.40. The third-order valence-corrected chi connectivity index (χ3v) is 4.12. The Kier molecular flexibility index (Phi) is 6.06. The zero-order chi connectivity index (χ0) is 17.9. The highest BCUT2D eigenvalue weighted by molar-refractivity contribution is 5.57. The van der Waals surface area contributed by atoms with Gasteiger partial charge in [0.25, 0.3) is 0 Å². The lowest BCUT2D eigenvalue weighted by Crippen LogP contribution is -2.55. The van der Waals surface area contributed by atoms with Crippen LogP contribution < -0.4 is 10.1 Å². The minimum absolute atomic E-state index is 0.216. The van der Waals surface area contributed by atoms with Crippen LogP contribution in [0, 0.1) is 5.92 Å². The molecular weight excluding hydrogens is 314 g/mol. The molecule has 0 aromatic heterocycles. The number of nitrogens with one attached hydrogen (secondary N) is 1. The zero-order valence-electron chi connectivity index (χ0n) is 14.1. The maximum absolute atomic E-state index is 10.2. The average molecular weight is 339 g/mol. The second-order valence-corrected chi connectivity index (χ2v) is 5.89. The molecule has 1 fully saturated rings. The Morgan fingerprint density at radius 3 is 2.62 bits per heavy atom. The maximum atomic E-state index is 10.2. The van der Waals surface area contributed by atoms with Gasteiger partial charge in [0.05, 0.1) is 18.4 Å². The van der Waals surface area contributed by atoms with Crippen LogP contribution in [0.2, 0.25) is 0 Å². The summed E-state index contributed by atoms with van der Waals surface area (Å²) in [7, 11) is 3.35. The van der Waals surface area contributed by atoms with Crippen LogP contribution in [0.5, 0.6) is 5.75 Å². The van der Waals surface area contributed by atoms with E-state index in [1.807, 2.05) is 12.1 Å². The summed E-state index contributed by atoms with van der Waals surface area (Å²) in [5, 5.41) is 33.0. The monoisotopic (exact) mass is 339 g/mol. The molecule has 1 heterocycles. The molecule has 0 aliphatic carbocycles. The van der Waals surface area contributed by atoms with Crippen LogP contribution in [0.4, 0.5) is 5.69 Å². The fourth-order valence-electron chi connectivity index (χ4n) is 2.74. The Balaban J connectivity index is 2.21. The number of hydrogen-bond acceptors (Lipinski definition) is 7. The molecule has 0 bridgehead atoms. The first-order chi connectivity index (χ1) is 11.4. The van der Waals surface area contributed by atoms with Gasteiger partial charge in [-0.1, -0.05) is 19.6 Å². The number of methoxy groups -OCH3 is 1. The van der Waals surface area contributed by atoms with Gasteiger partial charge >= 0.3 is 0 Å². The van der Waals surface area contributed by atoms with E-state index >= 15 is 0 Å². The van der Waals surface area contributed by atoms with Gasteiger partial charge < -0.3 is 34.8 Å². The van der Waals surface area contributed by atoms with Crippen LogP contribution in [0.3, 0.4) is 0 Å². The van der Waals surface area contributed by atoms with Crippen molar-refractivity contribution in [2.45, 2.75) is 38.1 Å². The molecule has 5 unspecified atom stereocenters. The second-order valence-electron chi connectivity index (χ2n) is 5.89. The first-order valence-corrected chi connectivity index (χ1v) is 7.74. The van der Waals surface area contributed by atoms with Crippen LogP contribution in [-0.2, 0) is 16.1 Å². The number of rotatable bonds is 6. The van der Waals surface area contributed by atoms with Crippen molar-refractivity contribution >= 4 is 5.69 Å². The van der Waals surface area contributed by atoms with E-state index in [1.54, 1.807) is 27.1 Å². The zero-order valence-corrected chi connectivity index (χ0v) is 14.1. The predicted octanol–water partition coefficient (Wildman–Crippen LogP) is 1.41. The summed E-state index contributed by atoms with van der Waals surface area (Å²) in [6, 6.07) is 5.41. The molecule has 0 saturated carbocycles. The normalized spacial score (nSPS) is 30.0. The molecule has 0 spiro atoms. The van der Waals surface area contributed by atoms with Gasteiger partial charge in [0.15, 0.2) is 0 Å². The highest BCUT2D eigenvalue weighted by Crippen LogP contribution is 2.33. The quantitative estimate of drug-likeness (QED) is 0.581. The van der Waals surface area contributed by atoms with Gasteiger partial charge in [-0.15, -0.1) is 0 Å². The van der Waals surface area contributed by atoms with Gasteiger partial charge in [-0.2, -0.15) is 0 Å². The number of benzene rings is 1. The van der Waals surface area contributed by atoms with E-state index in [9.17, 15) is 15.3 Å². The largest absolute Gasteiger partial charge is 0.510 e. The smallest absolute Gasteiger partial charge is 0.229 e. The van der Waals surface area contributed by atoms with Gasteiger partial charge in [-0.25, -0.2) is 0 Å². The van der Waals surface area contributed by atoms with E-state index in [0.29, 0.717) is 18.0 Å². The van der Waals surface area contributed by atoms with Gasteiger partial charge in [0, 0.05) is 20.1 Å². The lowest BCUT2D eigenvalue weighted by molar-refractivity contribution is -0.251. The first kappa shape index (κ1) is 18.5. The number of anilines is 1. The molecule has 1 aliphatic rings. The van der Waals surface area contributed by atoms with Crippen molar-refractivity contribution in [2.75, 3.05) is 19.5 Å². The van der Waals surface area contributed by atoms with E-state index in [2.05, 4.69) is 11.9 Å². The number of hydrogen-bond donors (Lipinski definition) is 4. The lowest BCUT2D eigenvalue weighted by atomic mass is 9.90. The molecule has 134 valence electrons. The molecule has 1 saturated heterocycles. The summed E-state index contributed by atoms with van der Waals surface area (Å²) < 4.78 is 16.4. The van der Waals surface area contributed by atoms with E-state index in [0.717, 1.165) is 5.56 Å². The fourth-order valence-corrected chi connectivity index (χ4v) is 2.74. The van der Waals surface area contributed by atoms with Crippen molar-refractivity contribution in [1.82, 2.24) is 0 Å². The van der Waals surface area contributed by atoms with Crippen LogP contribution in [0.25, 0.3) is 0 Å². The van der Waals surface area contributed by atoms with E-state index < -0.39 is 30.5 Å².